The van der Waals surface area contributed by atoms with Crippen LogP contribution in [0.25, 0.3) is 28.7 Å². The Bertz CT molecular complexity index is 789. The van der Waals surface area contributed by atoms with Crippen LogP contribution in [0.2, 0.25) is 0 Å². The summed E-state index contributed by atoms with van der Waals surface area (Å²) in [6.07, 6.45) is 8.08. The second kappa shape index (κ2) is 7.79. The van der Waals surface area contributed by atoms with E-state index in [1.54, 1.807) is 18.2 Å². The molecular weight excluding hydrogens is 298 g/mol. The molecule has 0 N–H and O–H groups in total. The highest BCUT2D eigenvalue weighted by molar-refractivity contribution is 5.77. The SMILES string of the molecule is C=C/C=C\O/C=C/c1nc(-c2ccccc2)c(-c2ccccc2)o1. The van der Waals surface area contributed by atoms with E-state index in [4.69, 9.17) is 9.15 Å². The number of nitrogens with zero attached hydrogens (tertiary/aromatic N) is 1. The molecule has 0 aliphatic heterocycles. The highest BCUT2D eigenvalue weighted by Crippen LogP contribution is 2.32. The molecule has 3 nitrogen and oxygen atoms in total. The van der Waals surface area contributed by atoms with Gasteiger partial charge in [0.05, 0.1) is 12.5 Å². The third-order valence-electron chi connectivity index (χ3n) is 3.31. The van der Waals surface area contributed by atoms with Crippen molar-refractivity contribution < 1.29 is 9.15 Å². The summed E-state index contributed by atoms with van der Waals surface area (Å²) in [7, 11) is 0. The van der Waals surface area contributed by atoms with Gasteiger partial charge < -0.3 is 9.15 Å². The summed E-state index contributed by atoms with van der Waals surface area (Å²) in [6.45, 7) is 3.58. The van der Waals surface area contributed by atoms with Crippen LogP contribution in [0.3, 0.4) is 0 Å². The van der Waals surface area contributed by atoms with E-state index in [0.29, 0.717) is 5.89 Å². The van der Waals surface area contributed by atoms with Crippen LogP contribution in [0.4, 0.5) is 0 Å². The van der Waals surface area contributed by atoms with Crippen LogP contribution < -0.4 is 0 Å². The number of rotatable bonds is 6. The fourth-order valence-corrected chi connectivity index (χ4v) is 2.23. The molecule has 0 amide bonds. The van der Waals surface area contributed by atoms with Crippen molar-refractivity contribution in [2.75, 3.05) is 0 Å². The summed E-state index contributed by atoms with van der Waals surface area (Å²) in [5, 5.41) is 0. The third kappa shape index (κ3) is 3.70. The zero-order valence-corrected chi connectivity index (χ0v) is 13.1. The van der Waals surface area contributed by atoms with Crippen molar-refractivity contribution >= 4 is 6.08 Å². The maximum Gasteiger partial charge on any atom is 0.223 e. The van der Waals surface area contributed by atoms with E-state index in [0.717, 1.165) is 22.6 Å². The van der Waals surface area contributed by atoms with E-state index >= 15 is 0 Å². The van der Waals surface area contributed by atoms with Crippen molar-refractivity contribution in [3.8, 4) is 22.6 Å². The number of hydrogen-bond acceptors (Lipinski definition) is 3. The summed E-state index contributed by atoms with van der Waals surface area (Å²) in [4.78, 5) is 4.60. The van der Waals surface area contributed by atoms with Crippen LogP contribution in [0.1, 0.15) is 5.89 Å². The molecule has 0 saturated heterocycles. The van der Waals surface area contributed by atoms with Crippen molar-refractivity contribution in [3.05, 3.63) is 97.8 Å². The highest BCUT2D eigenvalue weighted by Gasteiger charge is 2.15. The normalized spacial score (nSPS) is 11.2. The Morgan fingerprint density at radius 1 is 0.875 bits per heavy atom. The second-order valence-electron chi connectivity index (χ2n) is 4.96. The van der Waals surface area contributed by atoms with Gasteiger partial charge in [0.15, 0.2) is 5.76 Å². The molecule has 3 aromatic rings. The van der Waals surface area contributed by atoms with Gasteiger partial charge in [0, 0.05) is 17.2 Å². The molecule has 3 rings (SSSR count). The van der Waals surface area contributed by atoms with Crippen molar-refractivity contribution in [1.82, 2.24) is 4.98 Å². The van der Waals surface area contributed by atoms with Gasteiger partial charge in [0.1, 0.15) is 5.69 Å². The average molecular weight is 315 g/mol. The molecular formula is C21H17NO2. The number of allylic oxidation sites excluding steroid dienone is 2. The number of hydrogen-bond donors (Lipinski definition) is 0. The van der Waals surface area contributed by atoms with Gasteiger partial charge in [-0.25, -0.2) is 4.98 Å². The first-order chi connectivity index (χ1) is 11.9. The van der Waals surface area contributed by atoms with Crippen molar-refractivity contribution in [3.63, 3.8) is 0 Å². The van der Waals surface area contributed by atoms with Gasteiger partial charge in [-0.1, -0.05) is 73.3 Å². The van der Waals surface area contributed by atoms with Gasteiger partial charge in [-0.15, -0.1) is 0 Å². The Balaban J connectivity index is 1.97. The first kappa shape index (κ1) is 15.6. The van der Waals surface area contributed by atoms with E-state index < -0.39 is 0 Å². The minimum absolute atomic E-state index is 0.486. The molecule has 0 radical (unpaired) electrons. The first-order valence-corrected chi connectivity index (χ1v) is 7.60. The van der Waals surface area contributed by atoms with Crippen molar-refractivity contribution in [2.45, 2.75) is 0 Å². The molecule has 0 fully saturated rings. The number of ether oxygens (including phenoxy) is 1. The molecule has 2 aromatic carbocycles. The molecule has 0 saturated carbocycles. The molecule has 0 bridgehead atoms. The molecule has 24 heavy (non-hydrogen) atoms. The maximum atomic E-state index is 5.94. The van der Waals surface area contributed by atoms with Gasteiger partial charge in [-0.3, -0.25) is 0 Å². The Morgan fingerprint density at radius 3 is 2.21 bits per heavy atom. The van der Waals surface area contributed by atoms with Gasteiger partial charge in [-0.2, -0.15) is 0 Å². The molecule has 118 valence electrons. The average Bonchev–Trinajstić information content (AvgIpc) is 3.07. The molecule has 3 heteroatoms. The zero-order valence-electron chi connectivity index (χ0n) is 13.1. The largest absolute Gasteiger partial charge is 0.472 e. The second-order valence-corrected chi connectivity index (χ2v) is 4.96. The molecule has 0 aliphatic rings. The van der Waals surface area contributed by atoms with Crippen LogP contribution >= 0.6 is 0 Å². The lowest BCUT2D eigenvalue weighted by atomic mass is 10.1. The highest BCUT2D eigenvalue weighted by atomic mass is 16.5. The van der Waals surface area contributed by atoms with Crippen LogP contribution in [0.15, 0.2) is 96.3 Å². The molecule has 1 aromatic heterocycles. The quantitative estimate of drug-likeness (QED) is 0.432. The van der Waals surface area contributed by atoms with Crippen molar-refractivity contribution in [1.29, 1.82) is 0 Å². The number of benzene rings is 2. The molecule has 0 aliphatic carbocycles. The smallest absolute Gasteiger partial charge is 0.223 e. The zero-order chi connectivity index (χ0) is 16.6. The predicted octanol–water partition coefficient (Wildman–Crippen LogP) is 5.70. The van der Waals surface area contributed by atoms with Gasteiger partial charge in [0.25, 0.3) is 0 Å². The fourth-order valence-electron chi connectivity index (χ4n) is 2.23. The minimum atomic E-state index is 0.486. The van der Waals surface area contributed by atoms with Crippen LogP contribution in [-0.2, 0) is 4.74 Å². The van der Waals surface area contributed by atoms with E-state index in [1.165, 1.54) is 12.5 Å². The Morgan fingerprint density at radius 2 is 1.54 bits per heavy atom. The summed E-state index contributed by atoms with van der Waals surface area (Å²) in [5.41, 5.74) is 2.80. The van der Waals surface area contributed by atoms with Crippen molar-refractivity contribution in [2.24, 2.45) is 0 Å². The monoisotopic (exact) mass is 315 g/mol. The lowest BCUT2D eigenvalue weighted by Gasteiger charge is -2.00. The Hall–Kier alpha value is -3.33. The first-order valence-electron chi connectivity index (χ1n) is 7.60. The summed E-state index contributed by atoms with van der Waals surface area (Å²) >= 11 is 0. The van der Waals surface area contributed by atoms with E-state index in [1.807, 2.05) is 60.7 Å². The third-order valence-corrected chi connectivity index (χ3v) is 3.31. The Labute approximate surface area is 141 Å². The molecule has 0 spiro atoms. The van der Waals surface area contributed by atoms with Gasteiger partial charge in [0.2, 0.25) is 5.89 Å². The fraction of sp³-hybridized carbons (Fsp3) is 0. The standard InChI is InChI=1S/C21H17NO2/c1-2-3-15-23-16-14-19-22-20(17-10-6-4-7-11-17)21(24-19)18-12-8-5-9-13-18/h2-16H,1H2/b15-3-,16-14+. The van der Waals surface area contributed by atoms with E-state index in [-0.39, 0.29) is 0 Å². The summed E-state index contributed by atoms with van der Waals surface area (Å²) in [5.74, 6) is 1.22. The maximum absolute atomic E-state index is 5.94. The Kier molecular flexibility index (Phi) is 5.05. The van der Waals surface area contributed by atoms with Crippen LogP contribution in [-0.4, -0.2) is 4.98 Å². The number of oxazole rings is 1. The predicted molar refractivity (Wildman–Crippen MR) is 96.8 cm³/mol. The van der Waals surface area contributed by atoms with Crippen LogP contribution in [0.5, 0.6) is 0 Å². The van der Waals surface area contributed by atoms with E-state index in [2.05, 4.69) is 11.6 Å². The van der Waals surface area contributed by atoms with Gasteiger partial charge >= 0.3 is 0 Å². The summed E-state index contributed by atoms with van der Waals surface area (Å²) in [6, 6.07) is 19.9. The lowest BCUT2D eigenvalue weighted by molar-refractivity contribution is 0.405. The topological polar surface area (TPSA) is 35.3 Å². The molecule has 1 heterocycles. The molecule has 0 unspecified atom stereocenters. The van der Waals surface area contributed by atoms with Crippen LogP contribution in [0, 0.1) is 0 Å². The van der Waals surface area contributed by atoms with Gasteiger partial charge in [-0.05, 0) is 6.08 Å². The summed E-state index contributed by atoms with van der Waals surface area (Å²) < 4.78 is 11.1. The molecule has 0 atom stereocenters. The van der Waals surface area contributed by atoms with E-state index in [9.17, 15) is 0 Å². The minimum Gasteiger partial charge on any atom is -0.472 e. The number of aromatic nitrogens is 1. The lowest BCUT2D eigenvalue weighted by Crippen LogP contribution is -1.81.